The van der Waals surface area contributed by atoms with Crippen molar-refractivity contribution in [3.05, 3.63) is 30.1 Å². The van der Waals surface area contributed by atoms with Crippen LogP contribution in [-0.4, -0.2) is 37.6 Å². The molecule has 0 atom stereocenters. The highest BCUT2D eigenvalue weighted by Gasteiger charge is 2.16. The van der Waals surface area contributed by atoms with Crippen LogP contribution in [0.1, 0.15) is 16.3 Å². The van der Waals surface area contributed by atoms with E-state index < -0.39 is 0 Å². The van der Waals surface area contributed by atoms with Gasteiger partial charge in [-0.1, -0.05) is 0 Å². The maximum absolute atomic E-state index is 12.1. The zero-order valence-corrected chi connectivity index (χ0v) is 9.71. The number of nitrogens with two attached hydrogens (primary N) is 1. The number of hydrogen-bond acceptors (Lipinski definition) is 4. The predicted octanol–water partition coefficient (Wildman–Crippen LogP) is -0.00240. The van der Waals surface area contributed by atoms with Crippen LogP contribution in [0.4, 0.5) is 5.69 Å². The quantitative estimate of drug-likeness (QED) is 0.781. The van der Waals surface area contributed by atoms with Gasteiger partial charge in [0.2, 0.25) is 0 Å². The summed E-state index contributed by atoms with van der Waals surface area (Å²) in [6, 6.07) is 1.65. The third-order valence-corrected chi connectivity index (χ3v) is 2.44. The summed E-state index contributed by atoms with van der Waals surface area (Å²) in [5, 5.41) is 6.44. The molecule has 0 saturated carbocycles. The van der Waals surface area contributed by atoms with Gasteiger partial charge in [0.05, 0.1) is 12.2 Å². The van der Waals surface area contributed by atoms with Crippen molar-refractivity contribution in [3.63, 3.8) is 0 Å². The normalized spacial score (nSPS) is 10.5. The Morgan fingerprint density at radius 1 is 1.65 bits per heavy atom. The molecule has 90 valence electrons. The summed E-state index contributed by atoms with van der Waals surface area (Å²) in [6.07, 6.45) is 3.11. The lowest BCUT2D eigenvalue weighted by Crippen LogP contribution is -2.28. The summed E-state index contributed by atoms with van der Waals surface area (Å²) >= 11 is 0. The molecule has 1 amide bonds. The highest BCUT2D eigenvalue weighted by Crippen LogP contribution is 2.11. The Morgan fingerprint density at radius 2 is 2.41 bits per heavy atom. The van der Waals surface area contributed by atoms with Gasteiger partial charge in [-0.15, -0.1) is 0 Å². The molecule has 0 aliphatic rings. The van der Waals surface area contributed by atoms with Crippen molar-refractivity contribution in [3.8, 4) is 0 Å². The zero-order valence-electron chi connectivity index (χ0n) is 9.71. The molecule has 0 aliphatic heterocycles. The van der Waals surface area contributed by atoms with Crippen molar-refractivity contribution < 1.29 is 4.79 Å². The second-order valence-corrected chi connectivity index (χ2v) is 3.86. The lowest BCUT2D eigenvalue weighted by molar-refractivity contribution is 0.0772. The highest BCUT2D eigenvalue weighted by atomic mass is 16.2. The van der Waals surface area contributed by atoms with E-state index in [1.54, 1.807) is 35.8 Å². The van der Waals surface area contributed by atoms with Crippen LogP contribution in [0.5, 0.6) is 0 Å². The first-order valence-electron chi connectivity index (χ1n) is 5.09. The molecular formula is C10H14N6O. The first-order valence-corrected chi connectivity index (χ1v) is 5.09. The number of rotatable bonds is 3. The van der Waals surface area contributed by atoms with Crippen LogP contribution < -0.4 is 5.73 Å². The summed E-state index contributed by atoms with van der Waals surface area (Å²) in [6.45, 7) is 0.379. The first kappa shape index (κ1) is 11.2. The number of hydrogen-bond donors (Lipinski definition) is 2. The first-order chi connectivity index (χ1) is 8.08. The summed E-state index contributed by atoms with van der Waals surface area (Å²) in [4.78, 5) is 17.6. The van der Waals surface area contributed by atoms with Crippen molar-refractivity contribution in [2.24, 2.45) is 7.05 Å². The minimum atomic E-state index is -0.111. The number of carbonyl (C=O) groups is 1. The van der Waals surface area contributed by atoms with E-state index in [4.69, 9.17) is 5.73 Å². The number of nitrogens with zero attached hydrogens (tertiary/aromatic N) is 4. The molecule has 0 saturated heterocycles. The number of H-pyrrole nitrogens is 1. The fourth-order valence-corrected chi connectivity index (χ4v) is 1.60. The molecule has 2 rings (SSSR count). The van der Waals surface area contributed by atoms with Gasteiger partial charge in [-0.3, -0.25) is 9.89 Å². The number of aryl methyl sites for hydroxylation is 1. The molecule has 0 bridgehead atoms. The predicted molar refractivity (Wildman–Crippen MR) is 62.0 cm³/mol. The molecule has 0 aromatic carbocycles. The van der Waals surface area contributed by atoms with Crippen LogP contribution in [0.3, 0.4) is 0 Å². The number of carbonyl (C=O) groups excluding carboxylic acids is 1. The molecule has 17 heavy (non-hydrogen) atoms. The van der Waals surface area contributed by atoms with E-state index in [-0.39, 0.29) is 5.91 Å². The number of aromatic nitrogens is 4. The molecule has 0 radical (unpaired) electrons. The molecule has 2 heterocycles. The molecule has 7 nitrogen and oxygen atoms in total. The fraction of sp³-hybridized carbons (Fsp3) is 0.300. The second-order valence-electron chi connectivity index (χ2n) is 3.86. The van der Waals surface area contributed by atoms with Gasteiger partial charge in [0, 0.05) is 20.3 Å². The maximum atomic E-state index is 12.1. The third-order valence-electron chi connectivity index (χ3n) is 2.44. The van der Waals surface area contributed by atoms with E-state index in [9.17, 15) is 4.79 Å². The van der Waals surface area contributed by atoms with Gasteiger partial charge >= 0.3 is 0 Å². The second kappa shape index (κ2) is 4.28. The van der Waals surface area contributed by atoms with Crippen molar-refractivity contribution in [2.75, 3.05) is 12.8 Å². The van der Waals surface area contributed by atoms with Gasteiger partial charge in [-0.25, -0.2) is 4.98 Å². The average molecular weight is 234 g/mol. The van der Waals surface area contributed by atoms with Crippen molar-refractivity contribution in [2.45, 2.75) is 6.54 Å². The van der Waals surface area contributed by atoms with Crippen molar-refractivity contribution in [1.29, 1.82) is 0 Å². The monoisotopic (exact) mass is 234 g/mol. The van der Waals surface area contributed by atoms with Crippen LogP contribution in [0.15, 0.2) is 18.6 Å². The van der Waals surface area contributed by atoms with Crippen LogP contribution in [0.2, 0.25) is 0 Å². The van der Waals surface area contributed by atoms with E-state index in [2.05, 4.69) is 15.2 Å². The standard InChI is InChI=1S/C10H14N6O/c1-15-4-7(11)3-8(15)10(17)16(2)5-9-12-6-13-14-9/h3-4,6H,5,11H2,1-2H3,(H,12,13,14). The van der Waals surface area contributed by atoms with Gasteiger partial charge in [0.15, 0.2) is 0 Å². The molecule has 2 aromatic heterocycles. The third kappa shape index (κ3) is 2.27. The average Bonchev–Trinajstić information content (AvgIpc) is 2.87. The van der Waals surface area contributed by atoms with E-state index in [0.29, 0.717) is 23.8 Å². The van der Waals surface area contributed by atoms with E-state index in [1.165, 1.54) is 6.33 Å². The van der Waals surface area contributed by atoms with Crippen molar-refractivity contribution in [1.82, 2.24) is 24.6 Å². The SMILES string of the molecule is CN(Cc1ncn[nH]1)C(=O)c1cc(N)cn1C. The number of amides is 1. The van der Waals surface area contributed by atoms with Crippen LogP contribution in [0, 0.1) is 0 Å². The van der Waals surface area contributed by atoms with Gasteiger partial charge < -0.3 is 15.2 Å². The Hall–Kier alpha value is -2.31. The summed E-state index contributed by atoms with van der Waals surface area (Å²) in [5.74, 6) is 0.531. The van der Waals surface area contributed by atoms with E-state index in [1.807, 2.05) is 0 Å². The van der Waals surface area contributed by atoms with Crippen LogP contribution in [0.25, 0.3) is 0 Å². The number of nitrogen functional groups attached to an aromatic ring is 1. The molecular weight excluding hydrogens is 220 g/mol. The lowest BCUT2D eigenvalue weighted by Gasteiger charge is -2.15. The van der Waals surface area contributed by atoms with Crippen LogP contribution >= 0.6 is 0 Å². The molecule has 3 N–H and O–H groups in total. The van der Waals surface area contributed by atoms with E-state index >= 15 is 0 Å². The smallest absolute Gasteiger partial charge is 0.270 e. The minimum absolute atomic E-state index is 0.111. The molecule has 0 aliphatic carbocycles. The van der Waals surface area contributed by atoms with Crippen molar-refractivity contribution >= 4 is 11.6 Å². The number of anilines is 1. The zero-order chi connectivity index (χ0) is 12.4. The molecule has 7 heteroatoms. The summed E-state index contributed by atoms with van der Waals surface area (Å²) in [5.41, 5.74) is 6.75. The van der Waals surface area contributed by atoms with Crippen LogP contribution in [-0.2, 0) is 13.6 Å². The van der Waals surface area contributed by atoms with Gasteiger partial charge in [0.1, 0.15) is 17.8 Å². The Morgan fingerprint density at radius 3 is 2.94 bits per heavy atom. The lowest BCUT2D eigenvalue weighted by atomic mass is 10.3. The summed E-state index contributed by atoms with van der Waals surface area (Å²) < 4.78 is 1.70. The summed E-state index contributed by atoms with van der Waals surface area (Å²) in [7, 11) is 3.49. The van der Waals surface area contributed by atoms with Gasteiger partial charge in [0.25, 0.3) is 5.91 Å². The molecule has 0 fully saturated rings. The van der Waals surface area contributed by atoms with Gasteiger partial charge in [-0.2, -0.15) is 5.10 Å². The van der Waals surface area contributed by atoms with E-state index in [0.717, 1.165) is 0 Å². The minimum Gasteiger partial charge on any atom is -0.397 e. The Kier molecular flexibility index (Phi) is 2.82. The Labute approximate surface area is 98.2 Å². The number of nitrogens with one attached hydrogen (secondary N) is 1. The molecule has 2 aromatic rings. The fourth-order valence-electron chi connectivity index (χ4n) is 1.60. The molecule has 0 spiro atoms. The maximum Gasteiger partial charge on any atom is 0.270 e. The molecule has 0 unspecified atom stereocenters. The topological polar surface area (TPSA) is 92.8 Å². The largest absolute Gasteiger partial charge is 0.397 e. The number of aromatic amines is 1. The Balaban J connectivity index is 2.12. The van der Waals surface area contributed by atoms with Gasteiger partial charge in [-0.05, 0) is 6.07 Å². The Bertz CT molecular complexity index is 515. The highest BCUT2D eigenvalue weighted by molar-refractivity contribution is 5.93.